The highest BCUT2D eigenvalue weighted by Crippen LogP contribution is 2.30. The Kier molecular flexibility index (Phi) is 6.10. The minimum atomic E-state index is -0.883. The fourth-order valence-electron chi connectivity index (χ4n) is 3.57. The highest BCUT2D eigenvalue weighted by atomic mass is 16.5. The number of rotatable bonds is 6. The highest BCUT2D eigenvalue weighted by molar-refractivity contribution is 6.23. The summed E-state index contributed by atoms with van der Waals surface area (Å²) in [5.41, 5.74) is -0.219. The van der Waals surface area contributed by atoms with Crippen molar-refractivity contribution in [3.05, 3.63) is 54.6 Å². The van der Waals surface area contributed by atoms with Crippen molar-refractivity contribution in [2.75, 3.05) is 18.6 Å². The van der Waals surface area contributed by atoms with E-state index in [2.05, 4.69) is 0 Å². The minimum Gasteiger partial charge on any atom is -0.497 e. The number of benzene rings is 2. The summed E-state index contributed by atoms with van der Waals surface area (Å²) in [6.45, 7) is 5.28. The van der Waals surface area contributed by atoms with Gasteiger partial charge in [0, 0.05) is 5.54 Å². The molecule has 0 aliphatic carbocycles. The van der Waals surface area contributed by atoms with E-state index in [1.54, 1.807) is 43.5 Å². The first-order chi connectivity index (χ1) is 14.2. The van der Waals surface area contributed by atoms with Gasteiger partial charge >= 0.3 is 0 Å². The number of carbonyl (C=O) groups excluding carboxylic acids is 3. The summed E-state index contributed by atoms with van der Waals surface area (Å²) in [7, 11) is 1.54. The molecule has 1 unspecified atom stereocenters. The van der Waals surface area contributed by atoms with E-state index in [4.69, 9.17) is 9.47 Å². The van der Waals surface area contributed by atoms with Crippen LogP contribution < -0.4 is 14.4 Å². The normalized spacial score (nSPS) is 16.5. The smallest absolute Gasteiger partial charge is 0.261 e. The lowest BCUT2D eigenvalue weighted by Gasteiger charge is -2.39. The Balaban J connectivity index is 1.81. The van der Waals surface area contributed by atoms with Crippen molar-refractivity contribution in [1.29, 1.82) is 0 Å². The molecule has 0 aromatic heterocycles. The Morgan fingerprint density at radius 3 is 2.23 bits per heavy atom. The van der Waals surface area contributed by atoms with E-state index < -0.39 is 17.5 Å². The van der Waals surface area contributed by atoms with Crippen LogP contribution in [-0.2, 0) is 14.4 Å². The van der Waals surface area contributed by atoms with Gasteiger partial charge in [-0.25, -0.2) is 4.90 Å². The molecule has 0 radical (unpaired) electrons. The second kappa shape index (κ2) is 8.57. The van der Waals surface area contributed by atoms with E-state index in [1.807, 2.05) is 39.0 Å². The number of carbonyl (C=O) groups is 3. The van der Waals surface area contributed by atoms with Gasteiger partial charge in [0.1, 0.15) is 17.5 Å². The molecule has 1 aliphatic heterocycles. The zero-order valence-electron chi connectivity index (χ0n) is 17.6. The molecule has 3 amide bonds. The largest absolute Gasteiger partial charge is 0.497 e. The zero-order chi connectivity index (χ0) is 21.9. The third-order valence-corrected chi connectivity index (χ3v) is 4.86. The second-order valence-corrected chi connectivity index (χ2v) is 8.02. The molecule has 3 rings (SSSR count). The summed E-state index contributed by atoms with van der Waals surface area (Å²) in [6, 6.07) is 14.8. The predicted octanol–water partition coefficient (Wildman–Crippen LogP) is 3.03. The van der Waals surface area contributed by atoms with Crippen molar-refractivity contribution in [3.8, 4) is 11.5 Å². The predicted molar refractivity (Wildman–Crippen MR) is 112 cm³/mol. The number of imide groups is 1. The zero-order valence-corrected chi connectivity index (χ0v) is 17.6. The van der Waals surface area contributed by atoms with Crippen molar-refractivity contribution < 1.29 is 23.9 Å². The lowest BCUT2D eigenvalue weighted by Crippen LogP contribution is -2.55. The van der Waals surface area contributed by atoms with Gasteiger partial charge in [-0.05, 0) is 57.2 Å². The molecular weight excluding hydrogens is 384 g/mol. The number of nitrogens with zero attached hydrogens (tertiary/aromatic N) is 2. The Hall–Kier alpha value is -3.35. The first-order valence-electron chi connectivity index (χ1n) is 9.73. The van der Waals surface area contributed by atoms with Gasteiger partial charge in [-0.15, -0.1) is 0 Å². The van der Waals surface area contributed by atoms with Gasteiger partial charge in [0.2, 0.25) is 5.91 Å². The number of para-hydroxylation sites is 1. The molecule has 7 nitrogen and oxygen atoms in total. The first kappa shape index (κ1) is 21.4. The fourth-order valence-corrected chi connectivity index (χ4v) is 3.57. The SMILES string of the molecule is COc1ccc(N2C(=O)CC(N(C(=O)COc3ccccc3)C(C)(C)C)C2=O)cc1. The van der Waals surface area contributed by atoms with Gasteiger partial charge in [0.15, 0.2) is 6.61 Å². The van der Waals surface area contributed by atoms with Crippen LogP contribution in [0.3, 0.4) is 0 Å². The lowest BCUT2D eigenvalue weighted by atomic mass is 10.0. The molecule has 0 saturated carbocycles. The summed E-state index contributed by atoms with van der Waals surface area (Å²) in [5.74, 6) is 0.0655. The third-order valence-electron chi connectivity index (χ3n) is 4.86. The van der Waals surface area contributed by atoms with Crippen molar-refractivity contribution in [3.63, 3.8) is 0 Å². The summed E-state index contributed by atoms with van der Waals surface area (Å²) in [4.78, 5) is 41.5. The van der Waals surface area contributed by atoms with E-state index in [9.17, 15) is 14.4 Å². The lowest BCUT2D eigenvalue weighted by molar-refractivity contribution is -0.145. The summed E-state index contributed by atoms with van der Waals surface area (Å²) in [6.07, 6.45) is -0.0702. The van der Waals surface area contributed by atoms with Crippen LogP contribution in [0.1, 0.15) is 27.2 Å². The van der Waals surface area contributed by atoms with Crippen LogP contribution in [0.25, 0.3) is 0 Å². The number of amides is 3. The van der Waals surface area contributed by atoms with E-state index in [1.165, 1.54) is 4.90 Å². The quantitative estimate of drug-likeness (QED) is 0.684. The average Bonchev–Trinajstić information content (AvgIpc) is 3.00. The van der Waals surface area contributed by atoms with Crippen LogP contribution >= 0.6 is 0 Å². The summed E-state index contributed by atoms with van der Waals surface area (Å²) < 4.78 is 10.7. The molecule has 158 valence electrons. The molecular formula is C23H26N2O5. The van der Waals surface area contributed by atoms with E-state index >= 15 is 0 Å². The van der Waals surface area contributed by atoms with Crippen LogP contribution in [0.4, 0.5) is 5.69 Å². The molecule has 1 fully saturated rings. The molecule has 30 heavy (non-hydrogen) atoms. The van der Waals surface area contributed by atoms with Crippen molar-refractivity contribution in [2.24, 2.45) is 0 Å². The molecule has 1 atom stereocenters. The summed E-state index contributed by atoms with van der Waals surface area (Å²) >= 11 is 0. The van der Waals surface area contributed by atoms with Crippen molar-refractivity contribution in [2.45, 2.75) is 38.8 Å². The Morgan fingerprint density at radius 1 is 1.03 bits per heavy atom. The average molecular weight is 410 g/mol. The Morgan fingerprint density at radius 2 is 1.67 bits per heavy atom. The fraction of sp³-hybridized carbons (Fsp3) is 0.348. The number of methoxy groups -OCH3 is 1. The topological polar surface area (TPSA) is 76.2 Å². The van der Waals surface area contributed by atoms with Crippen LogP contribution in [-0.4, -0.2) is 47.9 Å². The van der Waals surface area contributed by atoms with Crippen LogP contribution in [0.5, 0.6) is 11.5 Å². The van der Waals surface area contributed by atoms with E-state index in [0.29, 0.717) is 17.2 Å². The van der Waals surface area contributed by atoms with Gasteiger partial charge in [-0.1, -0.05) is 18.2 Å². The standard InChI is InChI=1S/C23H26N2O5/c1-23(2,3)25(21(27)15-30-18-8-6-5-7-9-18)19-14-20(26)24(22(19)28)16-10-12-17(29-4)13-11-16/h5-13,19H,14-15H2,1-4H3. The molecule has 1 heterocycles. The first-order valence-corrected chi connectivity index (χ1v) is 9.73. The molecule has 1 aliphatic rings. The van der Waals surface area contributed by atoms with Crippen LogP contribution in [0, 0.1) is 0 Å². The molecule has 2 aromatic rings. The summed E-state index contributed by atoms with van der Waals surface area (Å²) in [5, 5.41) is 0. The maximum atomic E-state index is 13.2. The van der Waals surface area contributed by atoms with Crippen LogP contribution in [0.15, 0.2) is 54.6 Å². The maximum absolute atomic E-state index is 13.2. The molecule has 2 aromatic carbocycles. The van der Waals surface area contributed by atoms with Crippen molar-refractivity contribution in [1.82, 2.24) is 4.90 Å². The number of hydrogen-bond acceptors (Lipinski definition) is 5. The van der Waals surface area contributed by atoms with Gasteiger partial charge < -0.3 is 14.4 Å². The molecule has 0 spiro atoms. The van der Waals surface area contributed by atoms with Gasteiger partial charge in [-0.3, -0.25) is 14.4 Å². The minimum absolute atomic E-state index is 0.0702. The van der Waals surface area contributed by atoms with Gasteiger partial charge in [0.25, 0.3) is 11.8 Å². The second-order valence-electron chi connectivity index (χ2n) is 8.02. The molecule has 7 heteroatoms. The van der Waals surface area contributed by atoms with Gasteiger partial charge in [0.05, 0.1) is 19.2 Å². The molecule has 1 saturated heterocycles. The van der Waals surface area contributed by atoms with E-state index in [-0.39, 0.29) is 24.8 Å². The highest BCUT2D eigenvalue weighted by Gasteiger charge is 2.47. The number of anilines is 1. The third kappa shape index (κ3) is 4.45. The maximum Gasteiger partial charge on any atom is 0.261 e. The van der Waals surface area contributed by atoms with Crippen molar-refractivity contribution >= 4 is 23.4 Å². The number of hydrogen-bond donors (Lipinski definition) is 0. The Labute approximate surface area is 176 Å². The Bertz CT molecular complexity index is 919. The monoisotopic (exact) mass is 410 g/mol. The molecule has 0 bridgehead atoms. The van der Waals surface area contributed by atoms with Gasteiger partial charge in [-0.2, -0.15) is 0 Å². The van der Waals surface area contributed by atoms with Crippen LogP contribution in [0.2, 0.25) is 0 Å². The molecule has 0 N–H and O–H groups in total. The van der Waals surface area contributed by atoms with E-state index in [0.717, 1.165) is 4.90 Å². The number of ether oxygens (including phenoxy) is 2.